The van der Waals surface area contributed by atoms with Crippen molar-refractivity contribution in [2.24, 2.45) is 5.92 Å². The number of unbranched alkanes of at least 4 members (excludes halogenated alkanes) is 5. The van der Waals surface area contributed by atoms with E-state index in [1.165, 1.54) is 19.3 Å². The summed E-state index contributed by atoms with van der Waals surface area (Å²) in [7, 11) is 0. The Morgan fingerprint density at radius 1 is 0.950 bits per heavy atom. The molecular formula is C17H32O3. The van der Waals surface area contributed by atoms with Gasteiger partial charge in [-0.1, -0.05) is 46.1 Å². The van der Waals surface area contributed by atoms with Gasteiger partial charge in [0.15, 0.2) is 0 Å². The molecule has 0 saturated heterocycles. The third-order valence-electron chi connectivity index (χ3n) is 3.10. The summed E-state index contributed by atoms with van der Waals surface area (Å²) in [6.45, 7) is 12.0. The molecule has 0 aromatic rings. The van der Waals surface area contributed by atoms with Gasteiger partial charge >= 0.3 is 5.97 Å². The second kappa shape index (κ2) is 13.2. The van der Waals surface area contributed by atoms with Crippen LogP contribution in [0.5, 0.6) is 0 Å². The van der Waals surface area contributed by atoms with E-state index in [1.807, 2.05) is 0 Å². The predicted octanol–water partition coefficient (Wildman–Crippen LogP) is 4.51. The molecule has 3 heteroatoms. The summed E-state index contributed by atoms with van der Waals surface area (Å²) in [5.41, 5.74) is 0.475. The minimum absolute atomic E-state index is 0.274. The van der Waals surface area contributed by atoms with Gasteiger partial charge in [-0.05, 0) is 32.1 Å². The molecule has 0 fully saturated rings. The van der Waals surface area contributed by atoms with Gasteiger partial charge in [-0.25, -0.2) is 4.79 Å². The first-order valence-corrected chi connectivity index (χ1v) is 7.94. The summed E-state index contributed by atoms with van der Waals surface area (Å²) < 4.78 is 10.6. The molecule has 0 aliphatic carbocycles. The van der Waals surface area contributed by atoms with Crippen LogP contribution in [-0.4, -0.2) is 25.8 Å². The van der Waals surface area contributed by atoms with Crippen molar-refractivity contribution in [2.45, 2.75) is 65.7 Å². The van der Waals surface area contributed by atoms with Gasteiger partial charge in [0.25, 0.3) is 0 Å². The van der Waals surface area contributed by atoms with Crippen LogP contribution in [0.1, 0.15) is 65.7 Å². The molecule has 0 amide bonds. The normalized spacial score (nSPS) is 10.8. The average Bonchev–Trinajstić information content (AvgIpc) is 2.39. The summed E-state index contributed by atoms with van der Waals surface area (Å²) >= 11 is 0. The largest absolute Gasteiger partial charge is 0.462 e. The van der Waals surface area contributed by atoms with Crippen LogP contribution in [0, 0.1) is 5.92 Å². The lowest BCUT2D eigenvalue weighted by Crippen LogP contribution is -2.06. The molecule has 0 aliphatic rings. The topological polar surface area (TPSA) is 35.5 Å². The van der Waals surface area contributed by atoms with Gasteiger partial charge in [-0.2, -0.15) is 0 Å². The summed E-state index contributed by atoms with van der Waals surface area (Å²) in [5.74, 6) is 0.456. The van der Waals surface area contributed by atoms with Crippen LogP contribution in [0.15, 0.2) is 12.2 Å². The van der Waals surface area contributed by atoms with Crippen molar-refractivity contribution >= 4 is 5.97 Å². The van der Waals surface area contributed by atoms with Gasteiger partial charge in [0, 0.05) is 18.8 Å². The Kier molecular flexibility index (Phi) is 12.6. The Morgan fingerprint density at radius 3 is 2.05 bits per heavy atom. The molecule has 0 spiro atoms. The number of carbonyl (C=O) groups is 1. The van der Waals surface area contributed by atoms with Crippen LogP contribution < -0.4 is 0 Å². The molecule has 0 aromatic carbocycles. The maximum Gasteiger partial charge on any atom is 0.333 e. The van der Waals surface area contributed by atoms with Crippen LogP contribution in [0.2, 0.25) is 0 Å². The van der Waals surface area contributed by atoms with E-state index < -0.39 is 0 Å². The fourth-order valence-electron chi connectivity index (χ4n) is 1.72. The van der Waals surface area contributed by atoms with Crippen LogP contribution in [0.25, 0.3) is 0 Å². The Labute approximate surface area is 124 Å². The molecule has 0 saturated carbocycles. The molecule has 0 bridgehead atoms. The predicted molar refractivity (Wildman–Crippen MR) is 83.7 cm³/mol. The SMILES string of the molecule is C=C(C)C(=O)OCCCCCCCCOCCC(C)C. The summed E-state index contributed by atoms with van der Waals surface area (Å²) in [5, 5.41) is 0. The Morgan fingerprint density at radius 2 is 1.50 bits per heavy atom. The van der Waals surface area contributed by atoms with E-state index in [4.69, 9.17) is 9.47 Å². The fourth-order valence-corrected chi connectivity index (χ4v) is 1.72. The number of ether oxygens (including phenoxy) is 2. The van der Waals surface area contributed by atoms with E-state index >= 15 is 0 Å². The Balaban J connectivity index is 3.10. The van der Waals surface area contributed by atoms with Crippen LogP contribution in [0.4, 0.5) is 0 Å². The molecule has 0 unspecified atom stereocenters. The van der Waals surface area contributed by atoms with Gasteiger partial charge in [0.2, 0.25) is 0 Å². The zero-order valence-electron chi connectivity index (χ0n) is 13.6. The molecule has 118 valence electrons. The lowest BCUT2D eigenvalue weighted by atomic mass is 10.1. The molecule has 0 atom stereocenters. The highest BCUT2D eigenvalue weighted by atomic mass is 16.5. The quantitative estimate of drug-likeness (QED) is 0.283. The average molecular weight is 284 g/mol. The molecule has 0 N–H and O–H groups in total. The third-order valence-corrected chi connectivity index (χ3v) is 3.10. The second-order valence-electron chi connectivity index (χ2n) is 5.83. The number of hydrogen-bond donors (Lipinski definition) is 0. The molecule has 0 rings (SSSR count). The Hall–Kier alpha value is -0.830. The zero-order valence-corrected chi connectivity index (χ0v) is 13.6. The van der Waals surface area contributed by atoms with Crippen molar-refractivity contribution in [3.63, 3.8) is 0 Å². The standard InChI is InChI=1S/C17H32O3/c1-15(2)11-14-19-12-9-7-5-6-8-10-13-20-17(18)16(3)4/h15H,3,5-14H2,1-2,4H3. The van der Waals surface area contributed by atoms with Gasteiger partial charge in [0.1, 0.15) is 0 Å². The van der Waals surface area contributed by atoms with Crippen LogP contribution in [-0.2, 0) is 14.3 Å². The van der Waals surface area contributed by atoms with Gasteiger partial charge in [-0.3, -0.25) is 0 Å². The molecule has 0 heterocycles. The van der Waals surface area contributed by atoms with Crippen molar-refractivity contribution in [1.29, 1.82) is 0 Å². The smallest absolute Gasteiger partial charge is 0.333 e. The number of rotatable bonds is 13. The van der Waals surface area contributed by atoms with Gasteiger partial charge in [-0.15, -0.1) is 0 Å². The first kappa shape index (κ1) is 19.2. The minimum Gasteiger partial charge on any atom is -0.462 e. The van der Waals surface area contributed by atoms with Crippen LogP contribution in [0.3, 0.4) is 0 Å². The summed E-state index contributed by atoms with van der Waals surface area (Å²) in [6.07, 6.45) is 8.05. The van der Waals surface area contributed by atoms with E-state index in [0.717, 1.165) is 44.8 Å². The maximum atomic E-state index is 11.1. The lowest BCUT2D eigenvalue weighted by molar-refractivity contribution is -0.139. The summed E-state index contributed by atoms with van der Waals surface area (Å²) in [4.78, 5) is 11.1. The van der Waals surface area contributed by atoms with E-state index in [9.17, 15) is 4.79 Å². The molecule has 0 aromatic heterocycles. The van der Waals surface area contributed by atoms with Crippen molar-refractivity contribution in [3.8, 4) is 0 Å². The van der Waals surface area contributed by atoms with Crippen molar-refractivity contribution in [3.05, 3.63) is 12.2 Å². The van der Waals surface area contributed by atoms with E-state index in [2.05, 4.69) is 20.4 Å². The first-order valence-electron chi connectivity index (χ1n) is 7.94. The number of hydrogen-bond acceptors (Lipinski definition) is 3. The Bertz CT molecular complexity index is 259. The van der Waals surface area contributed by atoms with Gasteiger partial charge < -0.3 is 9.47 Å². The van der Waals surface area contributed by atoms with Crippen LogP contribution >= 0.6 is 0 Å². The number of esters is 1. The van der Waals surface area contributed by atoms with Gasteiger partial charge in [0.05, 0.1) is 6.61 Å². The first-order chi connectivity index (χ1) is 9.54. The highest BCUT2D eigenvalue weighted by Crippen LogP contribution is 2.07. The lowest BCUT2D eigenvalue weighted by Gasteiger charge is -2.06. The van der Waals surface area contributed by atoms with Crippen molar-refractivity contribution in [1.82, 2.24) is 0 Å². The monoisotopic (exact) mass is 284 g/mol. The van der Waals surface area contributed by atoms with Crippen molar-refractivity contribution < 1.29 is 14.3 Å². The third kappa shape index (κ3) is 13.6. The molecule has 3 nitrogen and oxygen atoms in total. The molecule has 0 radical (unpaired) electrons. The number of carbonyl (C=O) groups excluding carboxylic acids is 1. The highest BCUT2D eigenvalue weighted by molar-refractivity contribution is 5.86. The zero-order chi connectivity index (χ0) is 15.2. The molecular weight excluding hydrogens is 252 g/mol. The maximum absolute atomic E-state index is 11.1. The van der Waals surface area contributed by atoms with E-state index in [1.54, 1.807) is 6.92 Å². The van der Waals surface area contributed by atoms with E-state index in [0.29, 0.717) is 12.2 Å². The molecule has 20 heavy (non-hydrogen) atoms. The highest BCUT2D eigenvalue weighted by Gasteiger charge is 2.01. The van der Waals surface area contributed by atoms with E-state index in [-0.39, 0.29) is 5.97 Å². The fraction of sp³-hybridized carbons (Fsp3) is 0.824. The molecule has 0 aliphatic heterocycles. The minimum atomic E-state index is -0.274. The van der Waals surface area contributed by atoms with Crippen molar-refractivity contribution in [2.75, 3.05) is 19.8 Å². The summed E-state index contributed by atoms with van der Waals surface area (Å²) in [6, 6.07) is 0. The second-order valence-corrected chi connectivity index (χ2v) is 5.83.